The Bertz CT molecular complexity index is 1260. The Balaban J connectivity index is 1.47. The van der Waals surface area contributed by atoms with Crippen LogP contribution in [-0.2, 0) is 14.3 Å². The largest absolute Gasteiger partial charge is 0.386 e. The lowest BCUT2D eigenvalue weighted by atomic mass is 9.61. The van der Waals surface area contributed by atoms with Crippen LogP contribution in [0.2, 0.25) is 0 Å². The van der Waals surface area contributed by atoms with Crippen LogP contribution in [0, 0.1) is 36.0 Å². The second-order valence-electron chi connectivity index (χ2n) is 13.5. The SMILES string of the molecule is C=C1CC[C@H](OS(=O)(=O)c2ccc(C)cc2)C/C1=C/C=C1\CCC[C@]2(C)[C@@H]([C@H](C)/C=C/[C@@](C)(O)C(C)C)CC[C@@H]12. The summed E-state index contributed by atoms with van der Waals surface area (Å²) in [6.07, 6.45) is 16.4. The predicted octanol–water partition coefficient (Wildman–Crippen LogP) is 8.48. The average Bonchev–Trinajstić information content (AvgIpc) is 3.25. The second kappa shape index (κ2) is 12.1. The molecule has 6 atom stereocenters. The Morgan fingerprint density at radius 2 is 1.80 bits per heavy atom. The summed E-state index contributed by atoms with van der Waals surface area (Å²) in [7, 11) is -3.80. The van der Waals surface area contributed by atoms with Gasteiger partial charge in [-0.2, -0.15) is 8.42 Å². The molecule has 0 aromatic heterocycles. The monoisotopic (exact) mass is 566 g/mol. The summed E-state index contributed by atoms with van der Waals surface area (Å²) in [5, 5.41) is 10.7. The van der Waals surface area contributed by atoms with Crippen LogP contribution in [0.3, 0.4) is 0 Å². The average molecular weight is 567 g/mol. The topological polar surface area (TPSA) is 63.6 Å². The summed E-state index contributed by atoms with van der Waals surface area (Å²) >= 11 is 0. The molecule has 220 valence electrons. The number of hydrogen-bond acceptors (Lipinski definition) is 4. The number of rotatable bonds is 8. The minimum atomic E-state index is -3.80. The number of aliphatic hydroxyl groups is 1. The Hall–Kier alpha value is -1.95. The first-order chi connectivity index (χ1) is 18.7. The first-order valence-electron chi connectivity index (χ1n) is 15.2. The third kappa shape index (κ3) is 6.74. The Labute approximate surface area is 243 Å². The maximum atomic E-state index is 12.9. The summed E-state index contributed by atoms with van der Waals surface area (Å²) in [6.45, 7) is 17.1. The van der Waals surface area contributed by atoms with Gasteiger partial charge in [0.25, 0.3) is 10.1 Å². The first-order valence-corrected chi connectivity index (χ1v) is 16.6. The van der Waals surface area contributed by atoms with Crippen molar-refractivity contribution in [3.63, 3.8) is 0 Å². The van der Waals surface area contributed by atoms with E-state index < -0.39 is 15.7 Å². The van der Waals surface area contributed by atoms with E-state index in [2.05, 4.69) is 52.5 Å². The van der Waals surface area contributed by atoms with Crippen molar-refractivity contribution in [3.8, 4) is 0 Å². The number of hydrogen-bond donors (Lipinski definition) is 1. The van der Waals surface area contributed by atoms with Crippen molar-refractivity contribution in [1.82, 2.24) is 0 Å². The molecular weight excluding hydrogens is 516 g/mol. The molecule has 4 nitrogen and oxygen atoms in total. The maximum absolute atomic E-state index is 12.9. The van der Waals surface area contributed by atoms with E-state index in [1.807, 2.05) is 19.9 Å². The van der Waals surface area contributed by atoms with E-state index in [0.29, 0.717) is 30.6 Å². The van der Waals surface area contributed by atoms with Crippen LogP contribution in [0.25, 0.3) is 0 Å². The van der Waals surface area contributed by atoms with Gasteiger partial charge in [0.15, 0.2) is 0 Å². The summed E-state index contributed by atoms with van der Waals surface area (Å²) in [4.78, 5) is 0.212. The van der Waals surface area contributed by atoms with Gasteiger partial charge in [-0.05, 0) is 106 Å². The number of aryl methyl sites for hydroxylation is 1. The normalized spacial score (nSPS) is 32.1. The van der Waals surface area contributed by atoms with Crippen molar-refractivity contribution < 1.29 is 17.7 Å². The van der Waals surface area contributed by atoms with Gasteiger partial charge >= 0.3 is 0 Å². The molecule has 0 amide bonds. The molecule has 0 unspecified atom stereocenters. The fraction of sp³-hybridized carbons (Fsp3) is 0.600. The van der Waals surface area contributed by atoms with Crippen molar-refractivity contribution in [1.29, 1.82) is 0 Å². The van der Waals surface area contributed by atoms with Crippen molar-refractivity contribution >= 4 is 10.1 Å². The van der Waals surface area contributed by atoms with Gasteiger partial charge < -0.3 is 5.11 Å². The standard InChI is InChI=1S/C35H50O4S/c1-24(2)35(7,36)22-20-27(5)32-18-19-33-28(9-8-21-34(32,33)6)13-14-29-23-30(15-12-26(29)4)39-40(37,38)31-16-10-25(3)11-17-31/h10-11,13-14,16-17,20,22,24,27,30,32-33,36H,4,8-9,12,15,18-19,21,23H2,1-3,5-7H3/b22-20+,28-13+,29-14-/t27-,30+,32-,33+,34-,35-/m1/s1. The lowest BCUT2D eigenvalue weighted by Gasteiger charge is -2.44. The van der Waals surface area contributed by atoms with Gasteiger partial charge in [0.2, 0.25) is 0 Å². The minimum Gasteiger partial charge on any atom is -0.386 e. The smallest absolute Gasteiger partial charge is 0.297 e. The number of allylic oxidation sites excluding steroid dienone is 5. The lowest BCUT2D eigenvalue weighted by molar-refractivity contribution is 0.0607. The molecular formula is C35H50O4S. The van der Waals surface area contributed by atoms with Gasteiger partial charge in [-0.1, -0.05) is 87.4 Å². The van der Waals surface area contributed by atoms with Gasteiger partial charge in [-0.3, -0.25) is 4.18 Å². The van der Waals surface area contributed by atoms with E-state index in [0.717, 1.165) is 29.6 Å². The lowest BCUT2D eigenvalue weighted by Crippen LogP contribution is -2.36. The van der Waals surface area contributed by atoms with Crippen LogP contribution in [0.4, 0.5) is 0 Å². The molecule has 0 heterocycles. The molecule has 5 heteroatoms. The first kappa shape index (κ1) is 31.0. The van der Waals surface area contributed by atoms with Gasteiger partial charge in [0.05, 0.1) is 16.6 Å². The predicted molar refractivity (Wildman–Crippen MR) is 164 cm³/mol. The van der Waals surface area contributed by atoms with Gasteiger partial charge in [-0.15, -0.1) is 0 Å². The van der Waals surface area contributed by atoms with Crippen LogP contribution in [-0.4, -0.2) is 25.2 Å². The Morgan fingerprint density at radius 3 is 2.48 bits per heavy atom. The fourth-order valence-electron chi connectivity index (χ4n) is 7.22. The van der Waals surface area contributed by atoms with Crippen LogP contribution in [0.1, 0.15) is 91.5 Å². The molecule has 4 rings (SSSR count). The highest BCUT2D eigenvalue weighted by molar-refractivity contribution is 7.86. The molecule has 3 fully saturated rings. The van der Waals surface area contributed by atoms with Crippen molar-refractivity contribution in [2.24, 2.45) is 29.1 Å². The van der Waals surface area contributed by atoms with Crippen LogP contribution in [0.15, 0.2) is 76.8 Å². The van der Waals surface area contributed by atoms with E-state index >= 15 is 0 Å². The molecule has 1 aromatic carbocycles. The third-order valence-electron chi connectivity index (χ3n) is 10.3. The molecule has 0 radical (unpaired) electrons. The molecule has 40 heavy (non-hydrogen) atoms. The molecule has 0 saturated heterocycles. The van der Waals surface area contributed by atoms with E-state index in [-0.39, 0.29) is 22.3 Å². The Morgan fingerprint density at radius 1 is 1.10 bits per heavy atom. The Kier molecular flexibility index (Phi) is 9.39. The molecule has 3 aliphatic rings. The quantitative estimate of drug-likeness (QED) is 0.253. The van der Waals surface area contributed by atoms with E-state index in [9.17, 15) is 13.5 Å². The number of fused-ring (bicyclic) bond motifs is 1. The van der Waals surface area contributed by atoms with Crippen molar-refractivity contribution in [2.45, 2.75) is 110 Å². The molecule has 0 bridgehead atoms. The maximum Gasteiger partial charge on any atom is 0.297 e. The van der Waals surface area contributed by atoms with Crippen molar-refractivity contribution in [3.05, 3.63) is 77.4 Å². The van der Waals surface area contributed by atoms with Gasteiger partial charge in [0, 0.05) is 6.42 Å². The molecule has 0 aliphatic heterocycles. The molecule has 1 N–H and O–H groups in total. The molecule has 3 saturated carbocycles. The molecule has 3 aliphatic carbocycles. The van der Waals surface area contributed by atoms with E-state index in [1.165, 1.54) is 31.3 Å². The fourth-order valence-corrected chi connectivity index (χ4v) is 8.32. The van der Waals surface area contributed by atoms with Crippen molar-refractivity contribution in [2.75, 3.05) is 0 Å². The summed E-state index contributed by atoms with van der Waals surface area (Å²) in [5.74, 6) is 1.77. The zero-order chi connectivity index (χ0) is 29.3. The highest BCUT2D eigenvalue weighted by Crippen LogP contribution is 2.59. The van der Waals surface area contributed by atoms with Crippen LogP contribution >= 0.6 is 0 Å². The van der Waals surface area contributed by atoms with E-state index in [4.69, 9.17) is 4.18 Å². The molecule has 1 aromatic rings. The summed E-state index contributed by atoms with van der Waals surface area (Å²) in [5.41, 5.74) is 4.22. The van der Waals surface area contributed by atoms with E-state index in [1.54, 1.807) is 24.3 Å². The highest BCUT2D eigenvalue weighted by atomic mass is 32.2. The highest BCUT2D eigenvalue weighted by Gasteiger charge is 2.50. The van der Waals surface area contributed by atoms with Gasteiger partial charge in [0.1, 0.15) is 0 Å². The zero-order valence-electron chi connectivity index (χ0n) is 25.4. The van der Waals surface area contributed by atoms with Crippen LogP contribution < -0.4 is 0 Å². The number of benzene rings is 1. The zero-order valence-corrected chi connectivity index (χ0v) is 26.3. The third-order valence-corrected chi connectivity index (χ3v) is 11.7. The van der Waals surface area contributed by atoms with Gasteiger partial charge in [-0.25, -0.2) is 0 Å². The summed E-state index contributed by atoms with van der Waals surface area (Å²) in [6, 6.07) is 6.83. The molecule has 0 spiro atoms. The van der Waals surface area contributed by atoms with Crippen LogP contribution in [0.5, 0.6) is 0 Å². The summed E-state index contributed by atoms with van der Waals surface area (Å²) < 4.78 is 31.5. The minimum absolute atomic E-state index is 0.183. The second-order valence-corrected chi connectivity index (χ2v) is 15.0.